The lowest BCUT2D eigenvalue weighted by Crippen LogP contribution is -2.47. The summed E-state index contributed by atoms with van der Waals surface area (Å²) in [5.41, 5.74) is 2.78. The molecule has 148 valence electrons. The molecule has 3 aromatic carbocycles. The molecule has 5 rings (SSSR count). The second-order valence-electron chi connectivity index (χ2n) is 8.21. The van der Waals surface area contributed by atoms with Gasteiger partial charge in [-0.15, -0.1) is 0 Å². The quantitative estimate of drug-likeness (QED) is 0.565. The monoisotopic (exact) mass is 384 g/mol. The van der Waals surface area contributed by atoms with E-state index < -0.39 is 0 Å². The molecule has 3 heteroatoms. The topological polar surface area (TPSA) is 15.7 Å². The van der Waals surface area contributed by atoms with Crippen molar-refractivity contribution >= 4 is 5.69 Å². The summed E-state index contributed by atoms with van der Waals surface area (Å²) < 4.78 is 6.01. The Bertz CT molecular complexity index is 920. The largest absolute Gasteiger partial charge is 0.457 e. The average Bonchev–Trinajstić information content (AvgIpc) is 3.55. The fraction of sp³-hybridized carbons (Fsp3) is 0.308. The predicted molar refractivity (Wildman–Crippen MR) is 119 cm³/mol. The van der Waals surface area contributed by atoms with E-state index in [0.29, 0.717) is 0 Å². The van der Waals surface area contributed by atoms with E-state index in [-0.39, 0.29) is 0 Å². The molecule has 0 radical (unpaired) electrons. The maximum atomic E-state index is 6.01. The lowest BCUT2D eigenvalue weighted by molar-refractivity contribution is 0.246. The Labute approximate surface area is 173 Å². The zero-order valence-corrected chi connectivity index (χ0v) is 16.8. The van der Waals surface area contributed by atoms with Gasteiger partial charge >= 0.3 is 0 Å². The van der Waals surface area contributed by atoms with Crippen molar-refractivity contribution < 1.29 is 4.74 Å². The van der Waals surface area contributed by atoms with Crippen LogP contribution in [-0.4, -0.2) is 37.6 Å². The fourth-order valence-electron chi connectivity index (χ4n) is 4.45. The summed E-state index contributed by atoms with van der Waals surface area (Å²) in [4.78, 5) is 5.13. The molecule has 3 aromatic rings. The number of hydrogen-bond acceptors (Lipinski definition) is 3. The first kappa shape index (κ1) is 18.3. The van der Waals surface area contributed by atoms with E-state index in [1.807, 2.05) is 36.4 Å². The highest BCUT2D eigenvalue weighted by atomic mass is 16.5. The van der Waals surface area contributed by atoms with Crippen LogP contribution in [0.2, 0.25) is 0 Å². The Kier molecular flexibility index (Phi) is 5.23. The third-order valence-electron chi connectivity index (χ3n) is 6.18. The first-order valence-electron chi connectivity index (χ1n) is 10.7. The van der Waals surface area contributed by atoms with E-state index >= 15 is 0 Å². The Balaban J connectivity index is 1.14. The summed E-state index contributed by atoms with van der Waals surface area (Å²) in [6, 6.07) is 29.5. The van der Waals surface area contributed by atoms with Gasteiger partial charge in [0, 0.05) is 44.5 Å². The number of ether oxygens (including phenoxy) is 1. The van der Waals surface area contributed by atoms with Crippen LogP contribution in [0.25, 0.3) is 0 Å². The third-order valence-corrected chi connectivity index (χ3v) is 6.18. The lowest BCUT2D eigenvalue weighted by Gasteiger charge is -2.36. The van der Waals surface area contributed by atoms with Crippen molar-refractivity contribution in [2.45, 2.75) is 12.3 Å². The number of rotatable bonds is 6. The van der Waals surface area contributed by atoms with Crippen LogP contribution in [0.4, 0.5) is 5.69 Å². The number of anilines is 1. The summed E-state index contributed by atoms with van der Waals surface area (Å²) >= 11 is 0. The van der Waals surface area contributed by atoms with Crippen molar-refractivity contribution in [3.63, 3.8) is 0 Å². The number of nitrogens with zero attached hydrogens (tertiary/aromatic N) is 2. The van der Waals surface area contributed by atoms with Crippen LogP contribution in [-0.2, 0) is 0 Å². The van der Waals surface area contributed by atoms with E-state index in [0.717, 1.165) is 49.5 Å². The maximum Gasteiger partial charge on any atom is 0.129 e. The predicted octanol–water partition coefficient (Wildman–Crippen LogP) is 5.40. The van der Waals surface area contributed by atoms with Gasteiger partial charge in [-0.2, -0.15) is 0 Å². The van der Waals surface area contributed by atoms with Gasteiger partial charge in [-0.05, 0) is 48.1 Å². The maximum absolute atomic E-state index is 6.01. The van der Waals surface area contributed by atoms with Crippen molar-refractivity contribution in [1.29, 1.82) is 0 Å². The molecule has 1 saturated heterocycles. The molecule has 2 atom stereocenters. The zero-order valence-electron chi connectivity index (χ0n) is 16.8. The molecule has 3 nitrogen and oxygen atoms in total. The molecule has 1 saturated carbocycles. The minimum atomic E-state index is 0.779. The second kappa shape index (κ2) is 8.30. The Morgan fingerprint density at radius 1 is 0.724 bits per heavy atom. The molecule has 0 spiro atoms. The van der Waals surface area contributed by atoms with Gasteiger partial charge < -0.3 is 9.64 Å². The lowest BCUT2D eigenvalue weighted by atomic mass is 10.1. The van der Waals surface area contributed by atoms with Crippen LogP contribution in [0.15, 0.2) is 84.9 Å². The molecular formula is C26H28N2O. The van der Waals surface area contributed by atoms with Gasteiger partial charge in [-0.25, -0.2) is 0 Å². The smallest absolute Gasteiger partial charge is 0.129 e. The molecule has 0 amide bonds. The van der Waals surface area contributed by atoms with Crippen LogP contribution in [0.5, 0.6) is 11.5 Å². The van der Waals surface area contributed by atoms with Crippen LogP contribution in [0.1, 0.15) is 17.9 Å². The summed E-state index contributed by atoms with van der Waals surface area (Å²) in [6.07, 6.45) is 1.35. The Morgan fingerprint density at radius 2 is 1.41 bits per heavy atom. The minimum absolute atomic E-state index is 0.779. The summed E-state index contributed by atoms with van der Waals surface area (Å²) in [7, 11) is 0. The van der Waals surface area contributed by atoms with E-state index in [1.54, 1.807) is 0 Å². The third kappa shape index (κ3) is 4.46. The minimum Gasteiger partial charge on any atom is -0.457 e. The van der Waals surface area contributed by atoms with E-state index in [2.05, 4.69) is 58.3 Å². The van der Waals surface area contributed by atoms with Crippen LogP contribution in [0, 0.1) is 5.92 Å². The normalized spacial score (nSPS) is 21.7. The highest BCUT2D eigenvalue weighted by Gasteiger charge is 2.39. The molecule has 0 bridgehead atoms. The number of hydrogen-bond donors (Lipinski definition) is 0. The van der Waals surface area contributed by atoms with Gasteiger partial charge in [-0.3, -0.25) is 4.90 Å². The number of piperazine rings is 1. The van der Waals surface area contributed by atoms with Gasteiger partial charge in [0.15, 0.2) is 0 Å². The Morgan fingerprint density at radius 3 is 2.17 bits per heavy atom. The van der Waals surface area contributed by atoms with Crippen molar-refractivity contribution in [3.05, 3.63) is 90.5 Å². The van der Waals surface area contributed by atoms with Gasteiger partial charge in [0.05, 0.1) is 0 Å². The molecular weight excluding hydrogens is 356 g/mol. The first-order valence-corrected chi connectivity index (χ1v) is 10.7. The van der Waals surface area contributed by atoms with Gasteiger partial charge in [0.1, 0.15) is 11.5 Å². The second-order valence-corrected chi connectivity index (χ2v) is 8.21. The van der Waals surface area contributed by atoms with Crippen molar-refractivity contribution in [2.24, 2.45) is 5.92 Å². The molecule has 1 heterocycles. The van der Waals surface area contributed by atoms with Crippen molar-refractivity contribution in [2.75, 3.05) is 37.6 Å². The molecule has 2 aliphatic rings. The highest BCUT2D eigenvalue weighted by Crippen LogP contribution is 2.47. The molecule has 2 unspecified atom stereocenters. The standard InChI is InChI=1S/C26H28N2O/c1-3-8-21(9-4-1)26-18-22(26)20-27-14-16-28(17-15-27)23-10-7-13-25(19-23)29-24-11-5-2-6-12-24/h1-13,19,22,26H,14-18,20H2. The highest BCUT2D eigenvalue weighted by molar-refractivity contribution is 5.52. The zero-order chi connectivity index (χ0) is 19.5. The summed E-state index contributed by atoms with van der Waals surface area (Å²) in [5.74, 6) is 3.40. The van der Waals surface area contributed by atoms with Gasteiger partial charge in [-0.1, -0.05) is 54.6 Å². The first-order chi connectivity index (χ1) is 14.3. The van der Waals surface area contributed by atoms with E-state index in [1.165, 1.54) is 24.2 Å². The van der Waals surface area contributed by atoms with Crippen molar-refractivity contribution in [3.8, 4) is 11.5 Å². The molecule has 1 aliphatic heterocycles. The van der Waals surface area contributed by atoms with Gasteiger partial charge in [0.2, 0.25) is 0 Å². The molecule has 29 heavy (non-hydrogen) atoms. The summed E-state index contributed by atoms with van der Waals surface area (Å²) in [5, 5.41) is 0. The number of benzene rings is 3. The summed E-state index contributed by atoms with van der Waals surface area (Å²) in [6.45, 7) is 5.68. The van der Waals surface area contributed by atoms with E-state index in [4.69, 9.17) is 4.74 Å². The molecule has 0 N–H and O–H groups in total. The van der Waals surface area contributed by atoms with E-state index in [9.17, 15) is 0 Å². The molecule has 2 fully saturated rings. The average molecular weight is 385 g/mol. The van der Waals surface area contributed by atoms with Crippen LogP contribution < -0.4 is 9.64 Å². The Hall–Kier alpha value is -2.78. The fourth-order valence-corrected chi connectivity index (χ4v) is 4.45. The van der Waals surface area contributed by atoms with Crippen LogP contribution >= 0.6 is 0 Å². The number of para-hydroxylation sites is 1. The van der Waals surface area contributed by atoms with Gasteiger partial charge in [0.25, 0.3) is 0 Å². The molecule has 1 aliphatic carbocycles. The SMILES string of the molecule is c1ccc(Oc2cccc(N3CCN(CC4CC4c4ccccc4)CC3)c2)cc1. The molecule has 0 aromatic heterocycles. The van der Waals surface area contributed by atoms with Crippen LogP contribution in [0.3, 0.4) is 0 Å². The van der Waals surface area contributed by atoms with Crippen molar-refractivity contribution in [1.82, 2.24) is 4.90 Å².